The van der Waals surface area contributed by atoms with Gasteiger partial charge in [-0.1, -0.05) is 69.4 Å². The largest absolute Gasteiger partial charge is 0.465 e. The van der Waals surface area contributed by atoms with E-state index in [1.165, 1.54) is 22.6 Å². The van der Waals surface area contributed by atoms with Crippen molar-refractivity contribution in [3.63, 3.8) is 0 Å². The number of carbonyl (C=O) groups is 3. The second kappa shape index (κ2) is 11.5. The van der Waals surface area contributed by atoms with Gasteiger partial charge in [-0.05, 0) is 12.0 Å². The molecule has 1 saturated heterocycles. The van der Waals surface area contributed by atoms with Crippen LogP contribution in [-0.4, -0.2) is 58.4 Å². The van der Waals surface area contributed by atoms with Gasteiger partial charge >= 0.3 is 6.09 Å². The molecule has 154 valence electrons. The molecule has 2 amide bonds. The molecule has 0 unspecified atom stereocenters. The molecule has 1 N–H and O–H groups in total. The van der Waals surface area contributed by atoms with Crippen molar-refractivity contribution in [1.29, 1.82) is 0 Å². The zero-order valence-corrected chi connectivity index (χ0v) is 16.8. The fraction of sp³-hybridized carbons (Fsp3) is 0.591. The van der Waals surface area contributed by atoms with Crippen LogP contribution in [0.1, 0.15) is 57.4 Å². The first-order valence-electron chi connectivity index (χ1n) is 10.4. The topological polar surface area (TPSA) is 77.9 Å². The summed E-state index contributed by atoms with van der Waals surface area (Å²) in [6.07, 6.45) is 5.91. The highest BCUT2D eigenvalue weighted by atomic mass is 16.4. The van der Waals surface area contributed by atoms with Crippen molar-refractivity contribution in [3.8, 4) is 0 Å². The van der Waals surface area contributed by atoms with Crippen LogP contribution in [0.15, 0.2) is 30.3 Å². The van der Waals surface area contributed by atoms with E-state index in [2.05, 4.69) is 6.92 Å². The Balaban J connectivity index is 2.08. The molecule has 1 aliphatic heterocycles. The fourth-order valence-corrected chi connectivity index (χ4v) is 3.64. The summed E-state index contributed by atoms with van der Waals surface area (Å²) in [7, 11) is 0. The molecule has 1 atom stereocenters. The minimum absolute atomic E-state index is 0.0320. The molecule has 28 heavy (non-hydrogen) atoms. The molecule has 0 aliphatic carbocycles. The maximum absolute atomic E-state index is 13.1. The fourth-order valence-electron chi connectivity index (χ4n) is 3.64. The van der Waals surface area contributed by atoms with E-state index in [-0.39, 0.29) is 18.2 Å². The predicted octanol–water partition coefficient (Wildman–Crippen LogP) is 3.74. The molecular weight excluding hydrogens is 356 g/mol. The zero-order valence-electron chi connectivity index (χ0n) is 16.8. The van der Waals surface area contributed by atoms with Crippen LogP contribution in [0, 0.1) is 0 Å². The number of ketones is 1. The smallest absolute Gasteiger partial charge is 0.407 e. The van der Waals surface area contributed by atoms with Crippen LogP contribution >= 0.6 is 0 Å². The van der Waals surface area contributed by atoms with Crippen LogP contribution < -0.4 is 0 Å². The van der Waals surface area contributed by atoms with Crippen LogP contribution in [0.3, 0.4) is 0 Å². The molecule has 0 radical (unpaired) electrons. The van der Waals surface area contributed by atoms with Crippen molar-refractivity contribution in [2.24, 2.45) is 0 Å². The van der Waals surface area contributed by atoms with Gasteiger partial charge in [-0.3, -0.25) is 14.5 Å². The summed E-state index contributed by atoms with van der Waals surface area (Å²) in [5.41, 5.74) is 0.917. The summed E-state index contributed by atoms with van der Waals surface area (Å²) >= 11 is 0. The Bertz CT molecular complexity index is 647. The van der Waals surface area contributed by atoms with Gasteiger partial charge in [0.1, 0.15) is 6.04 Å². The van der Waals surface area contributed by atoms with Gasteiger partial charge in [0.15, 0.2) is 5.78 Å². The first-order chi connectivity index (χ1) is 13.5. The SMILES string of the molecule is CCCCCCCCN(C(=O)O)[C@@H](Cc1ccccc1)C(=O)N1CCC(=O)C1. The molecule has 1 fully saturated rings. The van der Waals surface area contributed by atoms with Crippen molar-refractivity contribution >= 4 is 17.8 Å². The normalized spacial score (nSPS) is 14.9. The Kier molecular flexibility index (Phi) is 8.98. The van der Waals surface area contributed by atoms with Crippen molar-refractivity contribution in [1.82, 2.24) is 9.80 Å². The number of amides is 2. The summed E-state index contributed by atoms with van der Waals surface area (Å²) in [6.45, 7) is 2.98. The van der Waals surface area contributed by atoms with Gasteiger partial charge in [-0.2, -0.15) is 0 Å². The Labute approximate surface area is 167 Å². The van der Waals surface area contributed by atoms with E-state index in [1.807, 2.05) is 30.3 Å². The highest BCUT2D eigenvalue weighted by Gasteiger charge is 2.35. The Morgan fingerprint density at radius 1 is 1.11 bits per heavy atom. The highest BCUT2D eigenvalue weighted by molar-refractivity contribution is 5.92. The van der Waals surface area contributed by atoms with Crippen molar-refractivity contribution in [3.05, 3.63) is 35.9 Å². The highest BCUT2D eigenvalue weighted by Crippen LogP contribution is 2.17. The summed E-state index contributed by atoms with van der Waals surface area (Å²) < 4.78 is 0. The van der Waals surface area contributed by atoms with Crippen molar-refractivity contribution in [2.45, 2.75) is 64.3 Å². The lowest BCUT2D eigenvalue weighted by Crippen LogP contribution is -2.51. The quantitative estimate of drug-likeness (QED) is 0.586. The molecule has 0 spiro atoms. The van der Waals surface area contributed by atoms with Crippen LogP contribution in [0.2, 0.25) is 0 Å². The summed E-state index contributed by atoms with van der Waals surface area (Å²) in [4.78, 5) is 39.5. The number of benzene rings is 1. The Hall–Kier alpha value is -2.37. The van der Waals surface area contributed by atoms with Gasteiger partial charge in [0, 0.05) is 25.9 Å². The first-order valence-corrected chi connectivity index (χ1v) is 10.4. The molecule has 6 nitrogen and oxygen atoms in total. The van der Waals surface area contributed by atoms with E-state index in [9.17, 15) is 19.5 Å². The molecule has 6 heteroatoms. The minimum Gasteiger partial charge on any atom is -0.465 e. The zero-order chi connectivity index (χ0) is 20.4. The third-order valence-corrected chi connectivity index (χ3v) is 5.27. The monoisotopic (exact) mass is 388 g/mol. The van der Waals surface area contributed by atoms with Crippen LogP contribution in [-0.2, 0) is 16.0 Å². The van der Waals surface area contributed by atoms with E-state index in [1.54, 1.807) is 0 Å². The first kappa shape index (κ1) is 21.9. The number of nitrogens with zero attached hydrogens (tertiary/aromatic N) is 2. The molecule has 0 aromatic heterocycles. The minimum atomic E-state index is -1.08. The second-order valence-electron chi connectivity index (χ2n) is 7.50. The van der Waals surface area contributed by atoms with E-state index in [0.717, 1.165) is 31.2 Å². The lowest BCUT2D eigenvalue weighted by Gasteiger charge is -2.31. The van der Waals surface area contributed by atoms with Gasteiger partial charge in [-0.25, -0.2) is 4.79 Å². The average molecular weight is 389 g/mol. The van der Waals surface area contributed by atoms with Gasteiger partial charge in [0.2, 0.25) is 5.91 Å². The Morgan fingerprint density at radius 3 is 2.39 bits per heavy atom. The number of hydrogen-bond acceptors (Lipinski definition) is 3. The number of rotatable bonds is 11. The number of carboxylic acid groups (broad SMARTS) is 1. The number of likely N-dealkylation sites (tertiary alicyclic amines) is 1. The van der Waals surface area contributed by atoms with Gasteiger partial charge in [0.25, 0.3) is 0 Å². The van der Waals surface area contributed by atoms with Gasteiger partial charge in [0.05, 0.1) is 6.54 Å². The molecule has 1 aromatic carbocycles. The van der Waals surface area contributed by atoms with Crippen molar-refractivity contribution < 1.29 is 19.5 Å². The van der Waals surface area contributed by atoms with E-state index in [0.29, 0.717) is 25.9 Å². The van der Waals surface area contributed by atoms with Crippen molar-refractivity contribution in [2.75, 3.05) is 19.6 Å². The number of unbranched alkanes of at least 4 members (excludes halogenated alkanes) is 5. The molecule has 1 aliphatic rings. The van der Waals surface area contributed by atoms with Crippen LogP contribution in [0.25, 0.3) is 0 Å². The number of carbonyl (C=O) groups excluding carboxylic acids is 2. The molecule has 1 heterocycles. The third kappa shape index (κ3) is 6.66. The van der Waals surface area contributed by atoms with Crippen LogP contribution in [0.4, 0.5) is 4.79 Å². The maximum atomic E-state index is 13.1. The van der Waals surface area contributed by atoms with Gasteiger partial charge in [-0.15, -0.1) is 0 Å². The van der Waals surface area contributed by atoms with E-state index >= 15 is 0 Å². The second-order valence-corrected chi connectivity index (χ2v) is 7.50. The van der Waals surface area contributed by atoms with E-state index in [4.69, 9.17) is 0 Å². The Morgan fingerprint density at radius 2 is 1.79 bits per heavy atom. The summed E-state index contributed by atoms with van der Waals surface area (Å²) in [5, 5.41) is 9.79. The summed E-state index contributed by atoms with van der Waals surface area (Å²) in [6, 6.07) is 8.68. The number of hydrogen-bond donors (Lipinski definition) is 1. The maximum Gasteiger partial charge on any atom is 0.407 e. The molecule has 1 aromatic rings. The molecular formula is C22H32N2O4. The summed E-state index contributed by atoms with van der Waals surface area (Å²) in [5.74, 6) is -0.229. The lowest BCUT2D eigenvalue weighted by molar-refractivity contribution is -0.136. The average Bonchev–Trinajstić information content (AvgIpc) is 3.12. The predicted molar refractivity (Wildman–Crippen MR) is 108 cm³/mol. The molecule has 0 bridgehead atoms. The lowest BCUT2D eigenvalue weighted by atomic mass is 10.0. The molecule has 2 rings (SSSR count). The van der Waals surface area contributed by atoms with E-state index < -0.39 is 12.1 Å². The number of Topliss-reactive ketones (excluding diaryl/α,β-unsaturated/α-hetero) is 1. The third-order valence-electron chi connectivity index (χ3n) is 5.27. The molecule has 0 saturated carbocycles. The van der Waals surface area contributed by atoms with Crippen LogP contribution in [0.5, 0.6) is 0 Å². The van der Waals surface area contributed by atoms with Gasteiger partial charge < -0.3 is 10.0 Å². The standard InChI is InChI=1S/C22H32N2O4/c1-2-3-4-5-6-10-14-24(22(27)28)20(16-18-11-8-7-9-12-18)21(26)23-15-13-19(25)17-23/h7-9,11-12,20H,2-6,10,13-17H2,1H3,(H,27,28)/t20-/m0/s1.